The Morgan fingerprint density at radius 1 is 0.642 bits per heavy atom. The first-order valence-corrected chi connectivity index (χ1v) is 29.8. The van der Waals surface area contributed by atoms with Crippen LogP contribution in [0.15, 0.2) is 93.0 Å². The van der Waals surface area contributed by atoms with Gasteiger partial charge in [0.25, 0.3) is 0 Å². The van der Waals surface area contributed by atoms with Gasteiger partial charge in [-0.15, -0.1) is 23.5 Å². The van der Waals surface area contributed by atoms with Gasteiger partial charge in [-0.05, 0) is 152 Å². The van der Waals surface area contributed by atoms with Crippen molar-refractivity contribution in [3.8, 4) is 33.9 Å². The van der Waals surface area contributed by atoms with Gasteiger partial charge in [0.1, 0.15) is 50.3 Å². The fraction of sp³-hybridized carbons (Fsp3) is 0.417. The highest BCUT2D eigenvalue weighted by Gasteiger charge is 2.34. The van der Waals surface area contributed by atoms with Gasteiger partial charge in [0.2, 0.25) is 0 Å². The van der Waals surface area contributed by atoms with Crippen LogP contribution in [0.2, 0.25) is 0 Å². The van der Waals surface area contributed by atoms with E-state index in [0.717, 1.165) is 42.6 Å². The summed E-state index contributed by atoms with van der Waals surface area (Å²) in [4.78, 5) is 83.2. The van der Waals surface area contributed by atoms with Crippen LogP contribution in [0.3, 0.4) is 0 Å². The van der Waals surface area contributed by atoms with Crippen LogP contribution >= 0.6 is 23.5 Å². The molecular weight excluding hydrogens is 1070 g/mol. The van der Waals surface area contributed by atoms with Gasteiger partial charge in [-0.25, -0.2) is 52.2 Å². The first-order chi connectivity index (χ1) is 38.6. The first-order valence-electron chi connectivity index (χ1n) is 27.3. The van der Waals surface area contributed by atoms with E-state index in [1.165, 1.54) is 44.8 Å². The Morgan fingerprint density at radius 3 is 1.53 bits per heavy atom. The average Bonchev–Trinajstić information content (AvgIpc) is 3.51. The van der Waals surface area contributed by atoms with E-state index >= 15 is 8.78 Å². The summed E-state index contributed by atoms with van der Waals surface area (Å²) in [5.41, 5.74) is 4.81. The van der Waals surface area contributed by atoms with E-state index in [-0.39, 0.29) is 41.0 Å². The highest BCUT2D eigenvalue weighted by atomic mass is 32.2. The molecule has 0 aliphatic carbocycles. The molecule has 2 saturated heterocycles. The molecule has 0 unspecified atom stereocenters. The maximum atomic E-state index is 16.1. The van der Waals surface area contributed by atoms with E-state index in [1.54, 1.807) is 47.9 Å². The minimum absolute atomic E-state index is 0.00573. The van der Waals surface area contributed by atoms with E-state index in [4.69, 9.17) is 14.7 Å². The van der Waals surface area contributed by atoms with Crippen LogP contribution in [0, 0.1) is 25.5 Å². The average molecular weight is 1140 g/mol. The number of anilines is 2. The van der Waals surface area contributed by atoms with Crippen LogP contribution in [0.25, 0.3) is 56.0 Å². The minimum atomic E-state index is -0.621. The SMILES string of the molecule is CSc1ncccc1-c1nc2c(cc1F)c(N1CCCC[C@@H]1C)nc(=O)n2-c1c(C)ccnc1C(C)C.CSc1ncccc1-c1nc2c(cc1F)c(N1CCN(C(=O)OC(C)(C)C)C[C@@H]1C)nc(=O)n2-c1c(C)ccnc1C(C)C. The standard InChI is InChI=1S/C32H38FN7O3S.C28H31FN6OS/c1-18(2)24-26(19(3)11-13-34-24)40-28-22(16-23(33)25(36-28)21-10-9-12-35-29(21)44-8)27(37-30(40)41)39-15-14-38(17-20(39)4)31(42)43-32(5,6)7;1-16(2)22-24(17(3)11-13-30-22)35-26-20(25(33-28(35)36)34-14-7-6-9-18(34)4)15-21(29)23(32-26)19-10-8-12-31-27(19)37-5/h9-13,16,18,20H,14-15,17H2,1-8H3;8,10-13,15-16,18H,6-7,9,14H2,1-5H3/t20-;18-/m00/s1. The summed E-state index contributed by atoms with van der Waals surface area (Å²) in [6, 6.07) is 13.6. The molecule has 10 heterocycles. The number of halogens is 2. The molecule has 81 heavy (non-hydrogen) atoms. The lowest BCUT2D eigenvalue weighted by Crippen LogP contribution is -2.55. The number of ether oxygens (including phenoxy) is 1. The molecule has 2 fully saturated rings. The lowest BCUT2D eigenvalue weighted by Gasteiger charge is -2.41. The van der Waals surface area contributed by atoms with Crippen molar-refractivity contribution < 1.29 is 18.3 Å². The van der Waals surface area contributed by atoms with Crippen LogP contribution < -0.4 is 21.2 Å². The second kappa shape index (κ2) is 24.0. The van der Waals surface area contributed by atoms with E-state index in [9.17, 15) is 14.4 Å². The zero-order chi connectivity index (χ0) is 58.2. The van der Waals surface area contributed by atoms with Crippen molar-refractivity contribution >= 4 is 63.3 Å². The van der Waals surface area contributed by atoms with Gasteiger partial charge in [0.05, 0.1) is 33.5 Å². The molecule has 0 aromatic carbocycles. The fourth-order valence-electron chi connectivity index (χ4n) is 10.6. The number of pyridine rings is 6. The zero-order valence-electron chi connectivity index (χ0n) is 48.2. The molecule has 0 saturated carbocycles. The number of carbonyl (C=O) groups excluding carboxylic acids is 1. The number of thioether (sulfide) groups is 2. The molecule has 21 heteroatoms. The number of carbonyl (C=O) groups is 1. The smallest absolute Gasteiger partial charge is 0.410 e. The molecule has 424 valence electrons. The van der Waals surface area contributed by atoms with E-state index < -0.39 is 34.7 Å². The number of nitrogens with zero attached hydrogens (tertiary/aromatic N) is 13. The van der Waals surface area contributed by atoms with Crippen molar-refractivity contribution in [2.75, 3.05) is 48.5 Å². The van der Waals surface area contributed by atoms with Crippen molar-refractivity contribution in [3.05, 3.63) is 128 Å². The van der Waals surface area contributed by atoms with Crippen molar-refractivity contribution in [2.45, 2.75) is 135 Å². The van der Waals surface area contributed by atoms with E-state index in [0.29, 0.717) is 85.9 Å². The number of rotatable bonds is 10. The lowest BCUT2D eigenvalue weighted by molar-refractivity contribution is 0.0218. The summed E-state index contributed by atoms with van der Waals surface area (Å²) < 4.78 is 40.5. The number of piperidine rings is 1. The van der Waals surface area contributed by atoms with Gasteiger partial charge in [0, 0.05) is 74.2 Å². The zero-order valence-corrected chi connectivity index (χ0v) is 49.8. The van der Waals surface area contributed by atoms with Crippen LogP contribution in [-0.2, 0) is 4.74 Å². The first kappa shape index (κ1) is 58.3. The second-order valence-electron chi connectivity index (χ2n) is 22.1. The van der Waals surface area contributed by atoms with Gasteiger partial charge in [-0.3, -0.25) is 9.97 Å². The number of hydrogen-bond acceptors (Lipinski definition) is 16. The number of aryl methyl sites for hydroxylation is 2. The summed E-state index contributed by atoms with van der Waals surface area (Å²) in [6.45, 7) is 23.3. The Labute approximate surface area is 479 Å². The van der Waals surface area contributed by atoms with E-state index in [2.05, 4.69) is 41.7 Å². The molecular formula is C60H69F2N13O4S2. The highest BCUT2D eigenvalue weighted by Crippen LogP contribution is 2.38. The Balaban J connectivity index is 0.000000198. The Morgan fingerprint density at radius 2 is 1.11 bits per heavy atom. The van der Waals surface area contributed by atoms with Crippen LogP contribution in [0.4, 0.5) is 25.2 Å². The van der Waals surface area contributed by atoms with E-state index in [1.807, 2.05) is 105 Å². The van der Waals surface area contributed by atoms with Crippen molar-refractivity contribution in [3.63, 3.8) is 0 Å². The number of piperazine rings is 1. The quantitative estimate of drug-likeness (QED) is 0.118. The normalized spacial score (nSPS) is 15.9. The van der Waals surface area contributed by atoms with Gasteiger partial charge in [0.15, 0.2) is 11.3 Å². The molecule has 8 aromatic heterocycles. The Hall–Kier alpha value is -7.39. The van der Waals surface area contributed by atoms with Crippen molar-refractivity contribution in [1.29, 1.82) is 0 Å². The third kappa shape index (κ3) is 11.7. The van der Waals surface area contributed by atoms with Crippen molar-refractivity contribution in [2.24, 2.45) is 0 Å². The molecule has 10 rings (SSSR count). The fourth-order valence-corrected chi connectivity index (χ4v) is 11.7. The Kier molecular flexibility index (Phi) is 17.3. The second-order valence-corrected chi connectivity index (χ2v) is 23.7. The lowest BCUT2D eigenvalue weighted by atomic mass is 10.0. The monoisotopic (exact) mass is 1140 g/mol. The highest BCUT2D eigenvalue weighted by molar-refractivity contribution is 7.98. The molecule has 2 aliphatic rings. The third-order valence-corrected chi connectivity index (χ3v) is 15.9. The summed E-state index contributed by atoms with van der Waals surface area (Å²) in [7, 11) is 0. The molecule has 8 aromatic rings. The molecule has 2 aliphatic heterocycles. The van der Waals surface area contributed by atoms with Gasteiger partial charge in [-0.2, -0.15) is 9.97 Å². The predicted octanol–water partition coefficient (Wildman–Crippen LogP) is 11.9. The summed E-state index contributed by atoms with van der Waals surface area (Å²) in [6.07, 6.45) is 13.3. The van der Waals surface area contributed by atoms with Crippen LogP contribution in [0.1, 0.15) is 116 Å². The number of fused-ring (bicyclic) bond motifs is 2. The molecule has 1 amide bonds. The molecule has 0 N–H and O–H groups in total. The Bertz CT molecular complexity index is 3810. The van der Waals surface area contributed by atoms with Gasteiger partial charge < -0.3 is 19.4 Å². The molecule has 0 spiro atoms. The van der Waals surface area contributed by atoms with Gasteiger partial charge >= 0.3 is 17.5 Å². The summed E-state index contributed by atoms with van der Waals surface area (Å²) in [5.74, 6) is -0.166. The molecule has 17 nitrogen and oxygen atoms in total. The predicted molar refractivity (Wildman–Crippen MR) is 319 cm³/mol. The number of hydrogen-bond donors (Lipinski definition) is 0. The molecule has 2 atom stereocenters. The molecule has 0 bridgehead atoms. The maximum absolute atomic E-state index is 16.1. The maximum Gasteiger partial charge on any atom is 0.410 e. The van der Waals surface area contributed by atoms with Crippen LogP contribution in [0.5, 0.6) is 0 Å². The number of aromatic nitrogens is 10. The summed E-state index contributed by atoms with van der Waals surface area (Å²) >= 11 is 2.82. The minimum Gasteiger partial charge on any atom is -0.444 e. The topological polar surface area (TPSA) is 183 Å². The largest absolute Gasteiger partial charge is 0.444 e. The summed E-state index contributed by atoms with van der Waals surface area (Å²) in [5, 5.41) is 2.19. The number of amides is 1. The third-order valence-electron chi connectivity index (χ3n) is 14.5. The van der Waals surface area contributed by atoms with Crippen molar-refractivity contribution in [1.82, 2.24) is 53.9 Å². The molecule has 0 radical (unpaired) electrons. The van der Waals surface area contributed by atoms with Gasteiger partial charge in [-0.1, -0.05) is 27.7 Å². The van der Waals surface area contributed by atoms with Crippen LogP contribution in [-0.4, -0.2) is 116 Å².